The predicted molar refractivity (Wildman–Crippen MR) is 98.4 cm³/mol. The molecule has 25 heavy (non-hydrogen) atoms. The van der Waals surface area contributed by atoms with Crippen molar-refractivity contribution in [1.82, 2.24) is 0 Å². The van der Waals surface area contributed by atoms with E-state index in [4.69, 9.17) is 0 Å². The Hall–Kier alpha value is -2.89. The second-order valence-corrected chi connectivity index (χ2v) is 5.86. The van der Waals surface area contributed by atoms with Crippen LogP contribution in [0.25, 0.3) is 0 Å². The van der Waals surface area contributed by atoms with Crippen molar-refractivity contribution >= 4 is 28.9 Å². The number of nitrogens with one attached hydrogen (secondary N) is 1. The summed E-state index contributed by atoms with van der Waals surface area (Å²) in [4.78, 5) is 27.1. The highest BCUT2D eigenvalue weighted by Crippen LogP contribution is 2.20. The molecule has 2 aromatic rings. The van der Waals surface area contributed by atoms with E-state index >= 15 is 0 Å². The van der Waals surface area contributed by atoms with Crippen LogP contribution in [0.1, 0.15) is 13.3 Å². The Morgan fingerprint density at radius 3 is 2.24 bits per heavy atom. The zero-order valence-corrected chi connectivity index (χ0v) is 14.6. The van der Waals surface area contributed by atoms with E-state index in [1.807, 2.05) is 43.3 Å². The van der Waals surface area contributed by atoms with Gasteiger partial charge in [-0.15, -0.1) is 0 Å². The van der Waals surface area contributed by atoms with Crippen molar-refractivity contribution in [2.45, 2.75) is 13.3 Å². The summed E-state index contributed by atoms with van der Waals surface area (Å²) in [6, 6.07) is 13.4. The Kier molecular flexibility index (Phi) is 6.11. The van der Waals surface area contributed by atoms with Crippen molar-refractivity contribution in [3.8, 4) is 0 Å². The molecule has 0 radical (unpaired) electrons. The molecule has 0 bridgehead atoms. The van der Waals surface area contributed by atoms with Crippen molar-refractivity contribution in [2.75, 3.05) is 35.8 Å². The van der Waals surface area contributed by atoms with Crippen LogP contribution in [-0.2, 0) is 9.59 Å². The van der Waals surface area contributed by atoms with Gasteiger partial charge in [0.25, 0.3) is 0 Å². The minimum atomic E-state index is -0.489. The maximum Gasteiger partial charge on any atom is 0.226 e. The van der Waals surface area contributed by atoms with Gasteiger partial charge in [0.2, 0.25) is 11.8 Å². The molecular weight excluding hydrogens is 321 g/mol. The molecule has 6 heteroatoms. The molecule has 132 valence electrons. The first-order valence-corrected chi connectivity index (χ1v) is 7.98. The zero-order chi connectivity index (χ0) is 18.4. The van der Waals surface area contributed by atoms with E-state index in [1.54, 1.807) is 12.1 Å². The lowest BCUT2D eigenvalue weighted by Crippen LogP contribution is -2.32. The molecule has 1 N–H and O–H groups in total. The van der Waals surface area contributed by atoms with Gasteiger partial charge in [0, 0.05) is 45.4 Å². The van der Waals surface area contributed by atoms with Crippen LogP contribution in [0.5, 0.6) is 0 Å². The summed E-state index contributed by atoms with van der Waals surface area (Å²) in [5.41, 5.74) is 1.88. The number of rotatable bonds is 6. The van der Waals surface area contributed by atoms with Gasteiger partial charge in [0.05, 0.1) is 5.69 Å². The third-order valence-corrected chi connectivity index (χ3v) is 3.75. The Morgan fingerprint density at radius 1 is 1.04 bits per heavy atom. The molecule has 0 saturated carbocycles. The largest absolute Gasteiger partial charge is 0.378 e. The maximum atomic E-state index is 13.9. The number of benzene rings is 2. The number of para-hydroxylation sites is 1. The molecule has 0 atom stereocenters. The molecule has 2 rings (SSSR count). The second-order valence-electron chi connectivity index (χ2n) is 5.86. The topological polar surface area (TPSA) is 52.7 Å². The molecule has 5 nitrogen and oxygen atoms in total. The van der Waals surface area contributed by atoms with E-state index in [1.165, 1.54) is 24.0 Å². The first-order chi connectivity index (χ1) is 11.9. The number of carbonyl (C=O) groups excluding carboxylic acids is 2. The highest BCUT2D eigenvalue weighted by atomic mass is 19.1. The minimum Gasteiger partial charge on any atom is -0.378 e. The molecule has 2 amide bonds. The monoisotopic (exact) mass is 343 g/mol. The van der Waals surface area contributed by atoms with Crippen LogP contribution < -0.4 is 15.1 Å². The number of carbonyl (C=O) groups is 2. The van der Waals surface area contributed by atoms with Crippen molar-refractivity contribution < 1.29 is 14.0 Å². The molecule has 0 fully saturated rings. The van der Waals surface area contributed by atoms with E-state index in [-0.39, 0.29) is 30.5 Å². The smallest absolute Gasteiger partial charge is 0.226 e. The van der Waals surface area contributed by atoms with E-state index in [0.717, 1.165) is 5.69 Å². The first-order valence-electron chi connectivity index (χ1n) is 7.98. The van der Waals surface area contributed by atoms with E-state index in [0.29, 0.717) is 5.69 Å². The standard InChI is InChI=1S/C19H22FN3O2/c1-14(24)23(18-7-5-4-6-17(18)20)13-12-19(25)21-15-8-10-16(11-9-15)22(2)3/h4-11H,12-13H2,1-3H3,(H,21,25). The molecule has 0 aliphatic carbocycles. The van der Waals surface area contributed by atoms with Crippen LogP contribution in [0.3, 0.4) is 0 Å². The molecular formula is C19H22FN3O2. The molecule has 0 aromatic heterocycles. The van der Waals surface area contributed by atoms with Crippen LogP contribution in [-0.4, -0.2) is 32.5 Å². The SMILES string of the molecule is CC(=O)N(CCC(=O)Nc1ccc(N(C)C)cc1)c1ccccc1F. The van der Waals surface area contributed by atoms with Crippen LogP contribution in [0.15, 0.2) is 48.5 Å². The number of anilines is 3. The third kappa shape index (κ3) is 5.04. The predicted octanol–water partition coefficient (Wildman–Crippen LogP) is 3.27. The molecule has 2 aromatic carbocycles. The van der Waals surface area contributed by atoms with Gasteiger partial charge < -0.3 is 15.1 Å². The van der Waals surface area contributed by atoms with Gasteiger partial charge in [0.15, 0.2) is 0 Å². The quantitative estimate of drug-likeness (QED) is 0.876. The highest BCUT2D eigenvalue weighted by Gasteiger charge is 2.16. The number of hydrogen-bond donors (Lipinski definition) is 1. The summed E-state index contributed by atoms with van der Waals surface area (Å²) in [6.07, 6.45) is 0.0728. The summed E-state index contributed by atoms with van der Waals surface area (Å²) in [5.74, 6) is -1.04. The summed E-state index contributed by atoms with van der Waals surface area (Å²) < 4.78 is 13.9. The van der Waals surface area contributed by atoms with Crippen LogP contribution in [0.2, 0.25) is 0 Å². The fourth-order valence-corrected chi connectivity index (χ4v) is 2.40. The fourth-order valence-electron chi connectivity index (χ4n) is 2.40. The van der Waals surface area contributed by atoms with Gasteiger partial charge in [0.1, 0.15) is 5.82 Å². The Morgan fingerprint density at radius 2 is 1.68 bits per heavy atom. The van der Waals surface area contributed by atoms with Crippen LogP contribution >= 0.6 is 0 Å². The first kappa shape index (κ1) is 18.4. The Labute approximate surface area is 147 Å². The lowest BCUT2D eigenvalue weighted by atomic mass is 10.2. The van der Waals surface area contributed by atoms with Crippen molar-refractivity contribution in [3.05, 3.63) is 54.3 Å². The van der Waals surface area contributed by atoms with Gasteiger partial charge in [-0.3, -0.25) is 9.59 Å². The fraction of sp³-hybridized carbons (Fsp3) is 0.263. The molecule has 0 saturated heterocycles. The van der Waals surface area contributed by atoms with E-state index < -0.39 is 5.82 Å². The number of halogens is 1. The number of amides is 2. The lowest BCUT2D eigenvalue weighted by Gasteiger charge is -2.21. The summed E-state index contributed by atoms with van der Waals surface area (Å²) >= 11 is 0. The van der Waals surface area contributed by atoms with E-state index in [9.17, 15) is 14.0 Å². The molecule has 0 heterocycles. The molecule has 0 aliphatic heterocycles. The van der Waals surface area contributed by atoms with Gasteiger partial charge >= 0.3 is 0 Å². The third-order valence-electron chi connectivity index (χ3n) is 3.75. The Bertz CT molecular complexity index is 745. The average molecular weight is 343 g/mol. The van der Waals surface area contributed by atoms with Gasteiger partial charge in [-0.1, -0.05) is 12.1 Å². The summed E-state index contributed by atoms with van der Waals surface area (Å²) in [7, 11) is 3.87. The van der Waals surface area contributed by atoms with Crippen molar-refractivity contribution in [1.29, 1.82) is 0 Å². The Balaban J connectivity index is 1.97. The van der Waals surface area contributed by atoms with Crippen molar-refractivity contribution in [3.63, 3.8) is 0 Å². The summed E-state index contributed by atoms with van der Waals surface area (Å²) in [5, 5.41) is 2.78. The lowest BCUT2D eigenvalue weighted by molar-refractivity contribution is -0.117. The molecule has 0 unspecified atom stereocenters. The number of nitrogens with zero attached hydrogens (tertiary/aromatic N) is 2. The second kappa shape index (κ2) is 8.28. The maximum absolute atomic E-state index is 13.9. The minimum absolute atomic E-state index is 0.0728. The molecule has 0 aliphatic rings. The highest BCUT2D eigenvalue weighted by molar-refractivity contribution is 5.94. The van der Waals surface area contributed by atoms with Gasteiger partial charge in [-0.25, -0.2) is 4.39 Å². The van der Waals surface area contributed by atoms with Crippen molar-refractivity contribution in [2.24, 2.45) is 0 Å². The van der Waals surface area contributed by atoms with Gasteiger partial charge in [-0.2, -0.15) is 0 Å². The molecule has 0 spiro atoms. The van der Waals surface area contributed by atoms with E-state index in [2.05, 4.69) is 5.32 Å². The normalized spacial score (nSPS) is 10.2. The van der Waals surface area contributed by atoms with Crippen LogP contribution in [0, 0.1) is 5.82 Å². The van der Waals surface area contributed by atoms with Crippen LogP contribution in [0.4, 0.5) is 21.5 Å². The zero-order valence-electron chi connectivity index (χ0n) is 14.6. The average Bonchev–Trinajstić information content (AvgIpc) is 2.56. The number of hydrogen-bond acceptors (Lipinski definition) is 3. The van der Waals surface area contributed by atoms with Gasteiger partial charge in [-0.05, 0) is 36.4 Å². The summed E-state index contributed by atoms with van der Waals surface area (Å²) in [6.45, 7) is 1.46.